The molecule has 0 unspecified atom stereocenters. The highest BCUT2D eigenvalue weighted by molar-refractivity contribution is 7.99. The molecule has 0 bridgehead atoms. The molecule has 1 N–H and O–H groups in total. The van der Waals surface area contributed by atoms with Crippen molar-refractivity contribution in [2.75, 3.05) is 35.4 Å². The van der Waals surface area contributed by atoms with E-state index in [0.717, 1.165) is 0 Å². The van der Waals surface area contributed by atoms with E-state index in [1.165, 1.54) is 28.8 Å². The molecule has 1 aliphatic rings. The van der Waals surface area contributed by atoms with Gasteiger partial charge in [0.2, 0.25) is 5.91 Å². The van der Waals surface area contributed by atoms with Crippen LogP contribution in [-0.4, -0.2) is 46.9 Å². The zero-order chi connectivity index (χ0) is 19.7. The number of aromatic nitrogens is 2. The van der Waals surface area contributed by atoms with Crippen molar-refractivity contribution in [2.24, 2.45) is 0 Å². The summed E-state index contributed by atoms with van der Waals surface area (Å²) in [6.07, 6.45) is 1.39. The summed E-state index contributed by atoms with van der Waals surface area (Å²) in [5.74, 6) is 0.0681. The van der Waals surface area contributed by atoms with Crippen molar-refractivity contribution in [3.05, 3.63) is 48.3 Å². The molecule has 0 radical (unpaired) electrons. The Kier molecular flexibility index (Phi) is 4.91. The van der Waals surface area contributed by atoms with E-state index in [1.807, 2.05) is 12.3 Å². The van der Waals surface area contributed by atoms with Gasteiger partial charge in [-0.3, -0.25) is 9.69 Å². The fourth-order valence-electron chi connectivity index (χ4n) is 3.15. The number of hydrogen-bond donors (Lipinski definition) is 1. The minimum absolute atomic E-state index is 0.197. The number of cyclic esters (lactones) is 1. The summed E-state index contributed by atoms with van der Waals surface area (Å²) < 4.78 is 20.0. The van der Waals surface area contributed by atoms with Gasteiger partial charge < -0.3 is 10.1 Å². The summed E-state index contributed by atoms with van der Waals surface area (Å²) in [6.45, 7) is 0.716. The van der Waals surface area contributed by atoms with E-state index < -0.39 is 6.09 Å². The lowest BCUT2D eigenvalue weighted by molar-refractivity contribution is -0.113. The first-order chi connectivity index (χ1) is 13.6. The fourth-order valence-corrected chi connectivity index (χ4v) is 3.49. The Labute approximate surface area is 164 Å². The van der Waals surface area contributed by atoms with Gasteiger partial charge in [-0.2, -0.15) is 11.8 Å². The fraction of sp³-hybridized carbons (Fsp3) is 0.211. The number of rotatable bonds is 5. The Morgan fingerprint density at radius 3 is 2.75 bits per heavy atom. The van der Waals surface area contributed by atoms with Crippen molar-refractivity contribution in [3.8, 4) is 5.69 Å². The van der Waals surface area contributed by atoms with Gasteiger partial charge in [0.25, 0.3) is 0 Å². The van der Waals surface area contributed by atoms with Crippen LogP contribution in [0.15, 0.2) is 42.5 Å². The second kappa shape index (κ2) is 7.51. The number of fused-ring (bicyclic) bond motifs is 1. The van der Waals surface area contributed by atoms with Crippen LogP contribution in [0.5, 0.6) is 0 Å². The molecule has 0 atom stereocenters. The third-order valence-electron chi connectivity index (χ3n) is 4.34. The van der Waals surface area contributed by atoms with Crippen LogP contribution >= 0.6 is 11.8 Å². The number of thioether (sulfide) groups is 1. The molecule has 28 heavy (non-hydrogen) atoms. The zero-order valence-corrected chi connectivity index (χ0v) is 15.8. The number of hydrogen-bond acceptors (Lipinski definition) is 5. The minimum Gasteiger partial charge on any atom is -0.447 e. The summed E-state index contributed by atoms with van der Waals surface area (Å²) >= 11 is 1.40. The molecule has 1 fully saturated rings. The Balaban J connectivity index is 1.90. The Bertz CT molecular complexity index is 1050. The number of nitrogens with one attached hydrogen (secondary N) is 1. The third-order valence-corrected chi connectivity index (χ3v) is 4.89. The van der Waals surface area contributed by atoms with E-state index in [9.17, 15) is 14.0 Å². The van der Waals surface area contributed by atoms with E-state index in [0.29, 0.717) is 41.2 Å². The molecule has 1 aromatic heterocycles. The highest BCUT2D eigenvalue weighted by Crippen LogP contribution is 2.35. The summed E-state index contributed by atoms with van der Waals surface area (Å²) in [6, 6.07) is 11.3. The molecule has 2 amide bonds. The quantitative estimate of drug-likeness (QED) is 0.710. The normalized spacial score (nSPS) is 13.8. The highest BCUT2D eigenvalue weighted by Gasteiger charge is 2.28. The van der Waals surface area contributed by atoms with Crippen molar-refractivity contribution in [2.45, 2.75) is 0 Å². The highest BCUT2D eigenvalue weighted by atomic mass is 32.2. The first kappa shape index (κ1) is 18.3. The van der Waals surface area contributed by atoms with Gasteiger partial charge in [0.05, 0.1) is 34.6 Å². The lowest BCUT2D eigenvalue weighted by atomic mass is 10.2. The SMILES string of the molecule is CSCC(=O)Nc1nn(-c2ccc(F)cc2)c2cccc(N3CCOC3=O)c12. The van der Waals surface area contributed by atoms with Gasteiger partial charge in [-0.1, -0.05) is 6.07 Å². The molecule has 0 aliphatic carbocycles. The second-order valence-corrected chi connectivity index (χ2v) is 7.02. The molecule has 3 aromatic rings. The zero-order valence-electron chi connectivity index (χ0n) is 15.0. The summed E-state index contributed by atoms with van der Waals surface area (Å²) in [4.78, 5) is 25.8. The predicted octanol–water partition coefficient (Wildman–Crippen LogP) is 3.42. The average Bonchev–Trinajstić information content (AvgIpc) is 3.26. The van der Waals surface area contributed by atoms with Gasteiger partial charge in [0, 0.05) is 0 Å². The van der Waals surface area contributed by atoms with Crippen molar-refractivity contribution in [1.29, 1.82) is 0 Å². The average molecular weight is 400 g/mol. The van der Waals surface area contributed by atoms with Crippen LogP contribution in [0.1, 0.15) is 0 Å². The number of halogens is 1. The number of amides is 2. The van der Waals surface area contributed by atoms with Crippen LogP contribution in [0.4, 0.5) is 20.7 Å². The molecule has 1 aliphatic heterocycles. The predicted molar refractivity (Wildman–Crippen MR) is 107 cm³/mol. The smallest absolute Gasteiger partial charge is 0.414 e. The number of ether oxygens (including phenoxy) is 1. The van der Waals surface area contributed by atoms with Crippen LogP contribution in [0, 0.1) is 5.82 Å². The third kappa shape index (κ3) is 3.29. The molecule has 0 saturated carbocycles. The van der Waals surface area contributed by atoms with Gasteiger partial charge in [-0.15, -0.1) is 5.10 Å². The van der Waals surface area contributed by atoms with E-state index in [4.69, 9.17) is 4.74 Å². The number of benzene rings is 2. The van der Waals surface area contributed by atoms with Crippen LogP contribution < -0.4 is 10.2 Å². The molecular weight excluding hydrogens is 383 g/mol. The second-order valence-electron chi connectivity index (χ2n) is 6.16. The molecule has 4 rings (SSSR count). The Hall–Kier alpha value is -3.07. The largest absolute Gasteiger partial charge is 0.447 e. The lowest BCUT2D eigenvalue weighted by Gasteiger charge is -2.14. The van der Waals surface area contributed by atoms with Crippen LogP contribution in [0.25, 0.3) is 16.6 Å². The van der Waals surface area contributed by atoms with Crippen molar-refractivity contribution < 1.29 is 18.7 Å². The summed E-state index contributed by atoms with van der Waals surface area (Å²) in [5.41, 5.74) is 1.92. The minimum atomic E-state index is -0.441. The van der Waals surface area contributed by atoms with Gasteiger partial charge in [-0.05, 0) is 42.7 Å². The molecular formula is C19H17FN4O3S. The van der Waals surface area contributed by atoms with Gasteiger partial charge in [0.15, 0.2) is 5.82 Å². The maximum Gasteiger partial charge on any atom is 0.414 e. The molecule has 0 spiro atoms. The monoisotopic (exact) mass is 400 g/mol. The molecule has 7 nitrogen and oxygen atoms in total. The van der Waals surface area contributed by atoms with E-state index in [-0.39, 0.29) is 17.5 Å². The summed E-state index contributed by atoms with van der Waals surface area (Å²) in [5, 5.41) is 7.99. The summed E-state index contributed by atoms with van der Waals surface area (Å²) in [7, 11) is 0. The van der Waals surface area contributed by atoms with Crippen LogP contribution in [0.3, 0.4) is 0 Å². The first-order valence-corrected chi connectivity index (χ1v) is 9.98. The van der Waals surface area contributed by atoms with E-state index >= 15 is 0 Å². The molecule has 9 heteroatoms. The van der Waals surface area contributed by atoms with E-state index in [2.05, 4.69) is 10.4 Å². The van der Waals surface area contributed by atoms with Gasteiger partial charge in [-0.25, -0.2) is 13.9 Å². The molecule has 2 aromatic carbocycles. The molecule has 144 valence electrons. The van der Waals surface area contributed by atoms with Gasteiger partial charge in [0.1, 0.15) is 12.4 Å². The molecule has 1 saturated heterocycles. The Morgan fingerprint density at radius 1 is 1.29 bits per heavy atom. The topological polar surface area (TPSA) is 76.5 Å². The number of carbonyl (C=O) groups is 2. The number of nitrogens with zero attached hydrogens (tertiary/aromatic N) is 3. The van der Waals surface area contributed by atoms with Crippen LogP contribution in [0.2, 0.25) is 0 Å². The lowest BCUT2D eigenvalue weighted by Crippen LogP contribution is -2.23. The van der Waals surface area contributed by atoms with Crippen molar-refractivity contribution in [3.63, 3.8) is 0 Å². The van der Waals surface area contributed by atoms with Crippen molar-refractivity contribution in [1.82, 2.24) is 9.78 Å². The van der Waals surface area contributed by atoms with Crippen LogP contribution in [-0.2, 0) is 9.53 Å². The Morgan fingerprint density at radius 2 is 2.07 bits per heavy atom. The standard InChI is InChI=1S/C19H17FN4O3S/c1-28-11-16(25)21-18-17-14(23-9-10-27-19(23)26)3-2-4-15(17)24(22-18)13-7-5-12(20)6-8-13/h2-8H,9-11H2,1H3,(H,21,22,25). The molecule has 2 heterocycles. The number of carbonyl (C=O) groups excluding carboxylic acids is 2. The number of anilines is 2. The van der Waals surface area contributed by atoms with Crippen molar-refractivity contribution >= 4 is 46.2 Å². The van der Waals surface area contributed by atoms with E-state index in [1.54, 1.807) is 28.9 Å². The maximum absolute atomic E-state index is 13.3. The maximum atomic E-state index is 13.3. The first-order valence-electron chi connectivity index (χ1n) is 8.59. The van der Waals surface area contributed by atoms with Gasteiger partial charge >= 0.3 is 6.09 Å².